The summed E-state index contributed by atoms with van der Waals surface area (Å²) >= 11 is 1.29. The number of aromatic nitrogens is 2. The Kier molecular flexibility index (Phi) is 6.44. The summed E-state index contributed by atoms with van der Waals surface area (Å²) in [5.41, 5.74) is 2.67. The first kappa shape index (κ1) is 19.6. The average molecular weight is 398 g/mol. The van der Waals surface area contributed by atoms with Gasteiger partial charge in [0, 0.05) is 12.1 Å². The maximum absolute atomic E-state index is 12.2. The van der Waals surface area contributed by atoms with Crippen molar-refractivity contribution in [3.05, 3.63) is 60.3 Å². The molecule has 3 aromatic rings. The monoisotopic (exact) mass is 398 g/mol. The van der Waals surface area contributed by atoms with Gasteiger partial charge < -0.3 is 20.6 Å². The topological polar surface area (TPSA) is 91.4 Å². The summed E-state index contributed by atoms with van der Waals surface area (Å²) in [5.74, 6) is 7.35. The van der Waals surface area contributed by atoms with Gasteiger partial charge in [-0.1, -0.05) is 48.2 Å². The normalized spacial score (nSPS) is 10.5. The average Bonchev–Trinajstić information content (AvgIpc) is 3.11. The number of thioether (sulfide) groups is 1. The summed E-state index contributed by atoms with van der Waals surface area (Å²) in [6, 6.07) is 15.3. The number of carbonyl (C=O) groups excluding carboxylic acids is 1. The molecule has 3 rings (SSSR count). The molecular weight excluding hydrogens is 376 g/mol. The first-order valence-electron chi connectivity index (χ1n) is 8.61. The Morgan fingerprint density at radius 3 is 2.61 bits per heavy atom. The lowest BCUT2D eigenvalue weighted by atomic mass is 10.2. The second kappa shape index (κ2) is 9.18. The molecule has 0 unspecified atom stereocenters. The molecule has 0 fully saturated rings. The van der Waals surface area contributed by atoms with Crippen molar-refractivity contribution in [1.82, 2.24) is 15.0 Å². The van der Waals surface area contributed by atoms with E-state index in [9.17, 15) is 4.79 Å². The van der Waals surface area contributed by atoms with E-state index in [1.165, 1.54) is 16.4 Å². The van der Waals surface area contributed by atoms with Gasteiger partial charge in [-0.25, -0.2) is 9.66 Å². The number of imidazole rings is 1. The number of amides is 1. The zero-order valence-corrected chi connectivity index (χ0v) is 16.5. The molecule has 1 amide bonds. The van der Waals surface area contributed by atoms with Crippen molar-refractivity contribution in [2.45, 2.75) is 11.7 Å². The molecule has 7 nitrogen and oxygen atoms in total. The quantitative estimate of drug-likeness (QED) is 0.448. The minimum Gasteiger partial charge on any atom is -0.493 e. The number of hydrogen-bond acceptors (Lipinski definition) is 6. The van der Waals surface area contributed by atoms with E-state index in [1.54, 1.807) is 20.4 Å². The van der Waals surface area contributed by atoms with Gasteiger partial charge in [0.25, 0.3) is 0 Å². The zero-order chi connectivity index (χ0) is 19.9. The molecule has 0 bridgehead atoms. The summed E-state index contributed by atoms with van der Waals surface area (Å²) in [6.45, 7) is 0.395. The van der Waals surface area contributed by atoms with Crippen LogP contribution in [-0.4, -0.2) is 35.5 Å². The van der Waals surface area contributed by atoms with Gasteiger partial charge in [0.15, 0.2) is 16.7 Å². The van der Waals surface area contributed by atoms with Crippen molar-refractivity contribution >= 4 is 17.7 Å². The van der Waals surface area contributed by atoms with Crippen LogP contribution in [0.3, 0.4) is 0 Å². The summed E-state index contributed by atoms with van der Waals surface area (Å²) in [4.78, 5) is 16.7. The van der Waals surface area contributed by atoms with Crippen LogP contribution in [0.5, 0.6) is 11.5 Å². The number of ether oxygens (including phenoxy) is 2. The van der Waals surface area contributed by atoms with Crippen LogP contribution in [0.25, 0.3) is 11.3 Å². The van der Waals surface area contributed by atoms with Crippen molar-refractivity contribution < 1.29 is 14.3 Å². The maximum atomic E-state index is 12.2. The summed E-state index contributed by atoms with van der Waals surface area (Å²) < 4.78 is 11.9. The molecule has 1 heterocycles. The van der Waals surface area contributed by atoms with Gasteiger partial charge in [-0.2, -0.15) is 0 Å². The molecule has 0 atom stereocenters. The second-order valence-electron chi connectivity index (χ2n) is 5.94. The molecule has 8 heteroatoms. The molecule has 0 saturated heterocycles. The highest BCUT2D eigenvalue weighted by atomic mass is 32.2. The summed E-state index contributed by atoms with van der Waals surface area (Å²) in [6.07, 6.45) is 1.75. The van der Waals surface area contributed by atoms with E-state index in [0.717, 1.165) is 16.8 Å². The number of nitrogens with one attached hydrogen (secondary N) is 1. The van der Waals surface area contributed by atoms with E-state index in [2.05, 4.69) is 10.3 Å². The number of nitrogens with zero attached hydrogens (tertiary/aromatic N) is 2. The Morgan fingerprint density at radius 2 is 1.89 bits per heavy atom. The van der Waals surface area contributed by atoms with E-state index >= 15 is 0 Å². The molecule has 2 aromatic carbocycles. The van der Waals surface area contributed by atoms with Gasteiger partial charge in [-0.05, 0) is 17.7 Å². The molecule has 0 radical (unpaired) electrons. The van der Waals surface area contributed by atoms with Gasteiger partial charge in [-0.3, -0.25) is 4.79 Å². The van der Waals surface area contributed by atoms with E-state index < -0.39 is 0 Å². The number of methoxy groups -OCH3 is 2. The van der Waals surface area contributed by atoms with Crippen LogP contribution >= 0.6 is 11.8 Å². The minimum atomic E-state index is -0.107. The van der Waals surface area contributed by atoms with Gasteiger partial charge in [0.05, 0.1) is 31.9 Å². The van der Waals surface area contributed by atoms with Crippen LogP contribution in [-0.2, 0) is 11.3 Å². The Morgan fingerprint density at radius 1 is 1.14 bits per heavy atom. The van der Waals surface area contributed by atoms with Crippen LogP contribution in [0.15, 0.2) is 59.9 Å². The molecule has 0 spiro atoms. The van der Waals surface area contributed by atoms with E-state index in [-0.39, 0.29) is 11.7 Å². The Hall–Kier alpha value is -3.13. The number of nitrogens with two attached hydrogens (primary N) is 1. The third-order valence-electron chi connectivity index (χ3n) is 4.04. The highest BCUT2D eigenvalue weighted by Crippen LogP contribution is 2.27. The molecule has 0 aliphatic carbocycles. The Labute approximate surface area is 167 Å². The van der Waals surface area contributed by atoms with Crippen molar-refractivity contribution in [3.8, 4) is 22.8 Å². The van der Waals surface area contributed by atoms with Crippen molar-refractivity contribution in [3.63, 3.8) is 0 Å². The minimum absolute atomic E-state index is 0.107. The first-order valence-corrected chi connectivity index (χ1v) is 9.59. The standard InChI is InChI=1S/C20H22N4O3S/c1-26-17-9-8-14(10-18(17)27-2)11-22-19(25)13-28-20-23-16(12-24(20)21)15-6-4-3-5-7-15/h3-10,12H,11,13,21H2,1-2H3,(H,22,25). The van der Waals surface area contributed by atoms with E-state index in [4.69, 9.17) is 15.3 Å². The summed E-state index contributed by atoms with van der Waals surface area (Å²) in [7, 11) is 3.16. The van der Waals surface area contributed by atoms with Gasteiger partial charge >= 0.3 is 0 Å². The van der Waals surface area contributed by atoms with Crippen LogP contribution < -0.4 is 20.6 Å². The number of hydrogen-bond donors (Lipinski definition) is 2. The highest BCUT2D eigenvalue weighted by molar-refractivity contribution is 7.99. The summed E-state index contributed by atoms with van der Waals surface area (Å²) in [5, 5.41) is 3.47. The van der Waals surface area contributed by atoms with Gasteiger partial charge in [-0.15, -0.1) is 0 Å². The lowest BCUT2D eigenvalue weighted by Crippen LogP contribution is -2.25. The van der Waals surface area contributed by atoms with E-state index in [0.29, 0.717) is 23.2 Å². The maximum Gasteiger partial charge on any atom is 0.230 e. The smallest absolute Gasteiger partial charge is 0.230 e. The van der Waals surface area contributed by atoms with Crippen LogP contribution in [0, 0.1) is 0 Å². The van der Waals surface area contributed by atoms with Crippen LogP contribution in [0.4, 0.5) is 0 Å². The predicted octanol–water partition coefficient (Wildman–Crippen LogP) is 2.69. The van der Waals surface area contributed by atoms with Gasteiger partial charge in [0.2, 0.25) is 5.91 Å². The SMILES string of the molecule is COc1ccc(CNC(=O)CSc2nc(-c3ccccc3)cn2N)cc1OC. The molecule has 0 saturated carbocycles. The van der Waals surface area contributed by atoms with Crippen molar-refractivity contribution in [2.24, 2.45) is 0 Å². The molecule has 146 valence electrons. The fourth-order valence-corrected chi connectivity index (χ4v) is 3.33. The molecule has 0 aliphatic rings. The second-order valence-corrected chi connectivity index (χ2v) is 6.88. The number of rotatable bonds is 8. The Balaban J connectivity index is 1.54. The van der Waals surface area contributed by atoms with Crippen molar-refractivity contribution in [2.75, 3.05) is 25.8 Å². The number of carbonyl (C=O) groups is 1. The predicted molar refractivity (Wildman–Crippen MR) is 110 cm³/mol. The molecular formula is C20H22N4O3S. The molecule has 0 aliphatic heterocycles. The first-order chi connectivity index (χ1) is 13.6. The fraction of sp³-hybridized carbons (Fsp3) is 0.200. The highest BCUT2D eigenvalue weighted by Gasteiger charge is 2.11. The third kappa shape index (κ3) is 4.77. The zero-order valence-electron chi connectivity index (χ0n) is 15.7. The number of nitrogen functional groups attached to an aromatic ring is 1. The van der Waals surface area contributed by atoms with E-state index in [1.807, 2.05) is 48.5 Å². The fourth-order valence-electron chi connectivity index (χ4n) is 2.60. The molecule has 3 N–H and O–H groups in total. The number of benzene rings is 2. The lowest BCUT2D eigenvalue weighted by molar-refractivity contribution is -0.118. The third-order valence-corrected chi connectivity index (χ3v) is 5.00. The molecule has 1 aromatic heterocycles. The largest absolute Gasteiger partial charge is 0.493 e. The van der Waals surface area contributed by atoms with Crippen molar-refractivity contribution in [1.29, 1.82) is 0 Å². The molecule has 28 heavy (non-hydrogen) atoms. The van der Waals surface area contributed by atoms with Gasteiger partial charge in [0.1, 0.15) is 0 Å². The van der Waals surface area contributed by atoms with Crippen LogP contribution in [0.1, 0.15) is 5.56 Å². The van der Waals surface area contributed by atoms with Crippen LogP contribution in [0.2, 0.25) is 0 Å². The Bertz CT molecular complexity index is 944. The lowest BCUT2D eigenvalue weighted by Gasteiger charge is -2.10.